The molecule has 3 aromatic rings. The molecule has 1 aromatic carbocycles. The molecule has 1 unspecified atom stereocenters. The number of hydrogen-bond acceptors (Lipinski definition) is 3. The number of halogens is 1. The number of nitrogens with zero attached hydrogens (tertiary/aromatic N) is 1. The van der Waals surface area contributed by atoms with E-state index in [1.807, 2.05) is 30.3 Å². The Kier molecular flexibility index (Phi) is 3.36. The minimum atomic E-state index is -0.598. The normalized spacial score (nSPS) is 12.7. The summed E-state index contributed by atoms with van der Waals surface area (Å²) in [5, 5.41) is 11.4. The zero-order valence-electron chi connectivity index (χ0n) is 10.1. The molecule has 2 heterocycles. The van der Waals surface area contributed by atoms with Crippen LogP contribution in [0, 0.1) is 0 Å². The van der Waals surface area contributed by atoms with Gasteiger partial charge in [0.15, 0.2) is 4.67 Å². The second-order valence-corrected chi connectivity index (χ2v) is 5.08. The lowest BCUT2D eigenvalue weighted by Crippen LogP contribution is -2.02. The number of para-hydroxylation sites is 1. The molecule has 4 heteroatoms. The van der Waals surface area contributed by atoms with Gasteiger partial charge in [0, 0.05) is 23.6 Å². The van der Waals surface area contributed by atoms with E-state index in [-0.39, 0.29) is 0 Å². The van der Waals surface area contributed by atoms with Gasteiger partial charge in [0.25, 0.3) is 0 Å². The number of pyridine rings is 1. The van der Waals surface area contributed by atoms with Gasteiger partial charge in [0.1, 0.15) is 0 Å². The van der Waals surface area contributed by atoms with Crippen LogP contribution in [0.1, 0.15) is 17.2 Å². The van der Waals surface area contributed by atoms with Gasteiger partial charge < -0.3 is 9.52 Å². The summed E-state index contributed by atoms with van der Waals surface area (Å²) in [6.07, 6.45) is 3.27. The maximum absolute atomic E-state index is 10.3. The number of aliphatic hydroxyl groups is 1. The molecule has 1 N–H and O–H groups in total. The maximum Gasteiger partial charge on any atom is 0.174 e. The standard InChI is InChI=1S/C15H12BrNO2/c16-15-12(6-8-19-15)14(18)9-10-5-7-17-13-4-2-1-3-11(10)13/h1-8,14,18H,9H2. The van der Waals surface area contributed by atoms with Crippen LogP contribution in [0.4, 0.5) is 0 Å². The Labute approximate surface area is 119 Å². The number of aliphatic hydroxyl groups excluding tert-OH is 1. The second-order valence-electron chi connectivity index (χ2n) is 4.36. The molecule has 0 radical (unpaired) electrons. The summed E-state index contributed by atoms with van der Waals surface area (Å²) < 4.78 is 5.74. The molecule has 0 fully saturated rings. The van der Waals surface area contributed by atoms with Gasteiger partial charge in [-0.2, -0.15) is 0 Å². The fourth-order valence-electron chi connectivity index (χ4n) is 2.19. The molecule has 2 aromatic heterocycles. The van der Waals surface area contributed by atoms with Crippen LogP contribution in [-0.2, 0) is 6.42 Å². The predicted molar refractivity (Wildman–Crippen MR) is 76.8 cm³/mol. The van der Waals surface area contributed by atoms with Gasteiger partial charge in [0.05, 0.1) is 17.9 Å². The SMILES string of the molecule is OC(Cc1ccnc2ccccc12)c1ccoc1Br. The molecular formula is C15H12BrNO2. The van der Waals surface area contributed by atoms with Gasteiger partial charge in [-0.05, 0) is 39.7 Å². The fourth-order valence-corrected chi connectivity index (χ4v) is 2.70. The monoisotopic (exact) mass is 317 g/mol. The highest BCUT2D eigenvalue weighted by Gasteiger charge is 2.15. The van der Waals surface area contributed by atoms with E-state index in [9.17, 15) is 5.11 Å². The first-order valence-electron chi connectivity index (χ1n) is 5.99. The van der Waals surface area contributed by atoms with E-state index in [1.54, 1.807) is 18.5 Å². The Morgan fingerprint density at radius 2 is 2.05 bits per heavy atom. The van der Waals surface area contributed by atoms with Crippen molar-refractivity contribution in [2.75, 3.05) is 0 Å². The topological polar surface area (TPSA) is 46.3 Å². The molecule has 3 nitrogen and oxygen atoms in total. The molecule has 0 saturated carbocycles. The Morgan fingerprint density at radius 1 is 1.21 bits per heavy atom. The third-order valence-electron chi connectivity index (χ3n) is 3.16. The van der Waals surface area contributed by atoms with Crippen LogP contribution in [0.15, 0.2) is 57.9 Å². The van der Waals surface area contributed by atoms with Crippen LogP contribution in [0.2, 0.25) is 0 Å². The van der Waals surface area contributed by atoms with Crippen LogP contribution in [0.5, 0.6) is 0 Å². The molecule has 3 rings (SSSR count). The molecular weight excluding hydrogens is 306 g/mol. The molecule has 0 aliphatic heterocycles. The molecule has 0 bridgehead atoms. The largest absolute Gasteiger partial charge is 0.457 e. The molecule has 0 spiro atoms. The predicted octanol–water partition coefficient (Wildman–Crippen LogP) is 3.87. The third kappa shape index (κ3) is 2.41. The van der Waals surface area contributed by atoms with Crippen molar-refractivity contribution >= 4 is 26.8 Å². The summed E-state index contributed by atoms with van der Waals surface area (Å²) in [6, 6.07) is 11.7. The van der Waals surface area contributed by atoms with Crippen molar-refractivity contribution in [1.29, 1.82) is 0 Å². The van der Waals surface area contributed by atoms with Gasteiger partial charge >= 0.3 is 0 Å². The van der Waals surface area contributed by atoms with E-state index in [2.05, 4.69) is 20.9 Å². The minimum absolute atomic E-state index is 0.529. The van der Waals surface area contributed by atoms with Gasteiger partial charge in [-0.3, -0.25) is 4.98 Å². The van der Waals surface area contributed by atoms with Gasteiger partial charge in [0.2, 0.25) is 0 Å². The average molecular weight is 318 g/mol. The lowest BCUT2D eigenvalue weighted by Gasteiger charge is -2.11. The average Bonchev–Trinajstić information content (AvgIpc) is 2.85. The third-order valence-corrected chi connectivity index (χ3v) is 3.80. The van der Waals surface area contributed by atoms with Crippen LogP contribution >= 0.6 is 15.9 Å². The Morgan fingerprint density at radius 3 is 2.84 bits per heavy atom. The van der Waals surface area contributed by atoms with Crippen LogP contribution < -0.4 is 0 Å². The quantitative estimate of drug-likeness (QED) is 0.797. The molecule has 96 valence electrons. The van der Waals surface area contributed by atoms with E-state index in [4.69, 9.17) is 4.42 Å². The lowest BCUT2D eigenvalue weighted by atomic mass is 10.0. The van der Waals surface area contributed by atoms with Crippen LogP contribution in [0.3, 0.4) is 0 Å². The fraction of sp³-hybridized carbons (Fsp3) is 0.133. The van der Waals surface area contributed by atoms with Crippen LogP contribution in [-0.4, -0.2) is 10.1 Å². The minimum Gasteiger partial charge on any atom is -0.457 e. The highest BCUT2D eigenvalue weighted by molar-refractivity contribution is 9.10. The number of rotatable bonds is 3. The summed E-state index contributed by atoms with van der Waals surface area (Å²) in [4.78, 5) is 4.32. The first kappa shape index (κ1) is 12.4. The highest BCUT2D eigenvalue weighted by atomic mass is 79.9. The van der Waals surface area contributed by atoms with Gasteiger partial charge in [-0.25, -0.2) is 0 Å². The molecule has 0 aliphatic carbocycles. The van der Waals surface area contributed by atoms with Crippen molar-refractivity contribution in [2.24, 2.45) is 0 Å². The smallest absolute Gasteiger partial charge is 0.174 e. The molecule has 1 atom stereocenters. The first-order chi connectivity index (χ1) is 9.25. The molecule has 0 saturated heterocycles. The van der Waals surface area contributed by atoms with Crippen molar-refractivity contribution in [2.45, 2.75) is 12.5 Å². The van der Waals surface area contributed by atoms with Crippen LogP contribution in [0.25, 0.3) is 10.9 Å². The number of furan rings is 1. The highest BCUT2D eigenvalue weighted by Crippen LogP contribution is 2.28. The number of benzene rings is 1. The summed E-state index contributed by atoms with van der Waals surface area (Å²) in [5.41, 5.74) is 2.78. The number of hydrogen-bond donors (Lipinski definition) is 1. The number of fused-ring (bicyclic) bond motifs is 1. The first-order valence-corrected chi connectivity index (χ1v) is 6.78. The Balaban J connectivity index is 1.96. The van der Waals surface area contributed by atoms with E-state index in [0.29, 0.717) is 11.1 Å². The van der Waals surface area contributed by atoms with Gasteiger partial charge in [-0.15, -0.1) is 0 Å². The zero-order valence-corrected chi connectivity index (χ0v) is 11.7. The van der Waals surface area contributed by atoms with E-state index >= 15 is 0 Å². The maximum atomic E-state index is 10.3. The zero-order chi connectivity index (χ0) is 13.2. The van der Waals surface area contributed by atoms with Gasteiger partial charge in [-0.1, -0.05) is 18.2 Å². The molecule has 0 amide bonds. The Bertz CT molecular complexity index is 703. The van der Waals surface area contributed by atoms with Crippen molar-refractivity contribution < 1.29 is 9.52 Å². The summed E-state index contributed by atoms with van der Waals surface area (Å²) in [6.45, 7) is 0. The van der Waals surface area contributed by atoms with E-state index in [1.165, 1.54) is 0 Å². The van der Waals surface area contributed by atoms with Crippen molar-refractivity contribution in [3.05, 3.63) is 64.7 Å². The van der Waals surface area contributed by atoms with Crippen molar-refractivity contribution in [1.82, 2.24) is 4.98 Å². The summed E-state index contributed by atoms with van der Waals surface area (Å²) in [5.74, 6) is 0. The molecule has 0 aliphatic rings. The van der Waals surface area contributed by atoms with E-state index < -0.39 is 6.10 Å². The summed E-state index contributed by atoms with van der Waals surface area (Å²) >= 11 is 3.29. The van der Waals surface area contributed by atoms with Crippen molar-refractivity contribution in [3.63, 3.8) is 0 Å². The molecule has 19 heavy (non-hydrogen) atoms. The Hall–Kier alpha value is -1.65. The second kappa shape index (κ2) is 5.15. The lowest BCUT2D eigenvalue weighted by molar-refractivity contribution is 0.176. The van der Waals surface area contributed by atoms with E-state index in [0.717, 1.165) is 22.0 Å². The number of aromatic nitrogens is 1. The summed E-state index contributed by atoms with van der Waals surface area (Å²) in [7, 11) is 0. The van der Waals surface area contributed by atoms with Crippen molar-refractivity contribution in [3.8, 4) is 0 Å².